The molecule has 57 valence electrons. The maximum Gasteiger partial charge on any atom is 0.148 e. The van der Waals surface area contributed by atoms with Crippen LogP contribution in [0.15, 0.2) is 0 Å². The summed E-state index contributed by atoms with van der Waals surface area (Å²) in [4.78, 5) is 21.5. The predicted octanol–water partition coefficient (Wildman–Crippen LogP) is 0.810. The van der Waals surface area contributed by atoms with Crippen LogP contribution in [0.5, 0.6) is 0 Å². The molecule has 0 aromatic heterocycles. The third-order valence-electron chi connectivity index (χ3n) is 2.25. The zero-order valence-corrected chi connectivity index (χ0v) is 9.39. The average molecular weight is 163 g/mol. The molecule has 2 nitrogen and oxygen atoms in total. The molecule has 0 aromatic carbocycles. The second-order valence-electron chi connectivity index (χ2n) is 3.53. The number of carbonyl (C=O) groups excluding carboxylic acids is 2. The number of aldehydes is 1. The molecule has 0 heterocycles. The van der Waals surface area contributed by atoms with Crippen LogP contribution in [0.25, 0.3) is 0 Å². The summed E-state index contributed by atoms with van der Waals surface area (Å²) in [7, 11) is 0. The van der Waals surface area contributed by atoms with Crippen LogP contribution in [-0.4, -0.2) is 41.6 Å². The first kappa shape index (κ1) is 11.3. The summed E-state index contributed by atoms with van der Waals surface area (Å²) >= 11 is 0. The number of hydrogen-bond acceptors (Lipinski definition) is 2. The molecule has 11 heavy (non-hydrogen) atoms. The molecule has 0 N–H and O–H groups in total. The molecule has 1 atom stereocenters. The van der Waals surface area contributed by atoms with Gasteiger partial charge in [0.25, 0.3) is 0 Å². The molecule has 1 fully saturated rings. The van der Waals surface area contributed by atoms with Gasteiger partial charge in [-0.25, -0.2) is 0 Å². The molecular formula is C8H12NaO2. The van der Waals surface area contributed by atoms with Crippen molar-refractivity contribution in [2.75, 3.05) is 0 Å². The summed E-state index contributed by atoms with van der Waals surface area (Å²) in [6, 6.07) is 0. The Balaban J connectivity index is 0.000001000. The van der Waals surface area contributed by atoms with Gasteiger partial charge in [-0.15, -0.1) is 0 Å². The molecule has 0 bridgehead atoms. The monoisotopic (exact) mass is 163 g/mol. The van der Waals surface area contributed by atoms with E-state index < -0.39 is 0 Å². The van der Waals surface area contributed by atoms with Gasteiger partial charge < -0.3 is 4.79 Å². The van der Waals surface area contributed by atoms with Gasteiger partial charge in [-0.3, -0.25) is 4.79 Å². The third-order valence-corrected chi connectivity index (χ3v) is 2.25. The van der Waals surface area contributed by atoms with E-state index in [4.69, 9.17) is 0 Å². The molecule has 0 aliphatic heterocycles. The first-order valence-electron chi connectivity index (χ1n) is 3.57. The molecule has 0 saturated heterocycles. The number of hydrogen-bond donors (Lipinski definition) is 0. The van der Waals surface area contributed by atoms with Crippen molar-refractivity contribution in [1.82, 2.24) is 0 Å². The van der Waals surface area contributed by atoms with E-state index in [2.05, 4.69) is 0 Å². The standard InChI is InChI=1S/C8H12O2.Na/c1-8(2)4-3-6(5-9)7(8)10;/h5-6H,3-4H2,1-2H3;. The number of ketones is 1. The van der Waals surface area contributed by atoms with Crippen LogP contribution in [0.1, 0.15) is 26.7 Å². The quantitative estimate of drug-likeness (QED) is 0.325. The minimum absolute atomic E-state index is 0. The topological polar surface area (TPSA) is 34.1 Å². The molecule has 1 aliphatic rings. The van der Waals surface area contributed by atoms with Crippen molar-refractivity contribution in [3.05, 3.63) is 0 Å². The van der Waals surface area contributed by atoms with Crippen LogP contribution in [0, 0.1) is 11.3 Å². The Morgan fingerprint density at radius 1 is 1.55 bits per heavy atom. The fraction of sp³-hybridized carbons (Fsp3) is 0.750. The van der Waals surface area contributed by atoms with Crippen LogP contribution in [-0.2, 0) is 9.59 Å². The van der Waals surface area contributed by atoms with Crippen LogP contribution < -0.4 is 0 Å². The predicted molar refractivity (Wildman–Crippen MR) is 43.3 cm³/mol. The van der Waals surface area contributed by atoms with E-state index in [-0.39, 0.29) is 46.7 Å². The Bertz CT molecular complexity index is 175. The largest absolute Gasteiger partial charge is 0.303 e. The fourth-order valence-corrected chi connectivity index (χ4v) is 1.40. The summed E-state index contributed by atoms with van der Waals surface area (Å²) in [5, 5.41) is 0. The summed E-state index contributed by atoms with van der Waals surface area (Å²) in [6.45, 7) is 3.80. The van der Waals surface area contributed by atoms with Crippen LogP contribution >= 0.6 is 0 Å². The number of Topliss-reactive ketones (excluding diaryl/α,β-unsaturated/α-hetero) is 1. The molecule has 1 unspecified atom stereocenters. The zero-order chi connectivity index (χ0) is 7.78. The minimum atomic E-state index is -0.310. The van der Waals surface area contributed by atoms with Crippen LogP contribution in [0.2, 0.25) is 0 Å². The second-order valence-corrected chi connectivity index (χ2v) is 3.53. The Morgan fingerprint density at radius 2 is 2.09 bits per heavy atom. The molecule has 1 rings (SSSR count). The van der Waals surface area contributed by atoms with Crippen molar-refractivity contribution >= 4 is 41.6 Å². The van der Waals surface area contributed by atoms with E-state index in [0.29, 0.717) is 0 Å². The molecule has 1 saturated carbocycles. The van der Waals surface area contributed by atoms with Crippen molar-refractivity contribution in [2.45, 2.75) is 26.7 Å². The summed E-state index contributed by atoms with van der Waals surface area (Å²) < 4.78 is 0. The Kier molecular flexibility index (Phi) is 3.95. The normalized spacial score (nSPS) is 27.8. The maximum atomic E-state index is 11.2. The van der Waals surface area contributed by atoms with Gasteiger partial charge in [-0.1, -0.05) is 13.8 Å². The van der Waals surface area contributed by atoms with E-state index in [0.717, 1.165) is 19.1 Å². The van der Waals surface area contributed by atoms with Gasteiger partial charge in [-0.2, -0.15) is 0 Å². The maximum absolute atomic E-state index is 11.2. The first-order chi connectivity index (χ1) is 4.58. The average Bonchev–Trinajstić information content (AvgIpc) is 2.10. The van der Waals surface area contributed by atoms with Gasteiger partial charge in [0.1, 0.15) is 12.1 Å². The smallest absolute Gasteiger partial charge is 0.148 e. The van der Waals surface area contributed by atoms with Crippen molar-refractivity contribution in [1.29, 1.82) is 0 Å². The molecule has 0 amide bonds. The van der Waals surface area contributed by atoms with E-state index >= 15 is 0 Å². The van der Waals surface area contributed by atoms with Gasteiger partial charge in [0.2, 0.25) is 0 Å². The van der Waals surface area contributed by atoms with Crippen molar-refractivity contribution in [2.24, 2.45) is 11.3 Å². The van der Waals surface area contributed by atoms with Crippen molar-refractivity contribution < 1.29 is 9.59 Å². The van der Waals surface area contributed by atoms with E-state index in [1.165, 1.54) is 0 Å². The first-order valence-corrected chi connectivity index (χ1v) is 3.57. The second kappa shape index (κ2) is 3.83. The minimum Gasteiger partial charge on any atom is -0.303 e. The molecule has 3 heteroatoms. The SMILES string of the molecule is CC1(C)CCC(C=O)C1=O.[Na]. The fourth-order valence-electron chi connectivity index (χ4n) is 1.40. The zero-order valence-electron chi connectivity index (χ0n) is 7.39. The molecule has 1 aliphatic carbocycles. The molecular weight excluding hydrogens is 151 g/mol. The van der Waals surface area contributed by atoms with Crippen LogP contribution in [0.4, 0.5) is 0 Å². The summed E-state index contributed by atoms with van der Waals surface area (Å²) in [5.41, 5.74) is -0.244. The number of carbonyl (C=O) groups is 2. The Morgan fingerprint density at radius 3 is 2.27 bits per heavy atom. The number of rotatable bonds is 1. The van der Waals surface area contributed by atoms with Gasteiger partial charge in [0, 0.05) is 35.0 Å². The van der Waals surface area contributed by atoms with Gasteiger partial charge in [0.05, 0.1) is 5.92 Å². The van der Waals surface area contributed by atoms with E-state index in [9.17, 15) is 9.59 Å². The van der Waals surface area contributed by atoms with Gasteiger partial charge in [-0.05, 0) is 12.8 Å². The van der Waals surface area contributed by atoms with Crippen LogP contribution in [0.3, 0.4) is 0 Å². The summed E-state index contributed by atoms with van der Waals surface area (Å²) in [6.07, 6.45) is 2.38. The van der Waals surface area contributed by atoms with Gasteiger partial charge in [0.15, 0.2) is 0 Å². The van der Waals surface area contributed by atoms with E-state index in [1.54, 1.807) is 0 Å². The molecule has 1 radical (unpaired) electrons. The van der Waals surface area contributed by atoms with Gasteiger partial charge >= 0.3 is 0 Å². The van der Waals surface area contributed by atoms with E-state index in [1.807, 2.05) is 13.8 Å². The van der Waals surface area contributed by atoms with Crippen molar-refractivity contribution in [3.8, 4) is 0 Å². The Hall–Kier alpha value is 0.340. The third kappa shape index (κ3) is 2.14. The Labute approximate surface area is 89.0 Å². The summed E-state index contributed by atoms with van der Waals surface area (Å²) in [5.74, 6) is -0.197. The molecule has 0 aromatic rings. The van der Waals surface area contributed by atoms with Crippen molar-refractivity contribution in [3.63, 3.8) is 0 Å². The molecule has 0 spiro atoms.